The van der Waals surface area contributed by atoms with Gasteiger partial charge in [-0.2, -0.15) is 0 Å². The number of thiophene rings is 1. The Bertz CT molecular complexity index is 422. The number of halogens is 1. The summed E-state index contributed by atoms with van der Waals surface area (Å²) in [7, 11) is 1.86. The Balaban J connectivity index is 0.00000147. The Morgan fingerprint density at radius 3 is 2.35 bits per heavy atom. The molecule has 0 unspecified atom stereocenters. The van der Waals surface area contributed by atoms with E-state index in [4.69, 9.17) is 0 Å². The summed E-state index contributed by atoms with van der Waals surface area (Å²) in [5.41, 5.74) is 0. The predicted octanol–water partition coefficient (Wildman–Crippen LogP) is 2.66. The maximum absolute atomic E-state index is 4.31. The lowest BCUT2D eigenvalue weighted by Crippen LogP contribution is -2.49. The zero-order chi connectivity index (χ0) is 13.1. The minimum atomic E-state index is 0. The summed E-state index contributed by atoms with van der Waals surface area (Å²) in [4.78, 5) is 6.80. The quantitative estimate of drug-likeness (QED) is 0.461. The molecule has 1 aliphatic carbocycles. The molecule has 1 aromatic rings. The van der Waals surface area contributed by atoms with E-state index in [1.807, 2.05) is 18.4 Å². The van der Waals surface area contributed by atoms with E-state index in [-0.39, 0.29) is 24.0 Å². The van der Waals surface area contributed by atoms with Crippen LogP contribution in [0.15, 0.2) is 22.5 Å². The van der Waals surface area contributed by atoms with Crippen LogP contribution in [0.3, 0.4) is 0 Å². The number of hydrogen-bond acceptors (Lipinski definition) is 3. The second-order valence-electron chi connectivity index (χ2n) is 5.35. The monoisotopic (exact) mass is 406 g/mol. The third kappa shape index (κ3) is 4.25. The van der Waals surface area contributed by atoms with E-state index in [9.17, 15) is 0 Å². The number of nitrogens with one attached hydrogen (secondary N) is 2. The van der Waals surface area contributed by atoms with Gasteiger partial charge >= 0.3 is 0 Å². The number of rotatable bonds is 3. The highest BCUT2D eigenvalue weighted by Gasteiger charge is 2.25. The molecule has 112 valence electrons. The summed E-state index contributed by atoms with van der Waals surface area (Å²) in [6, 6.07) is 5.57. The van der Waals surface area contributed by atoms with Crippen molar-refractivity contribution < 1.29 is 0 Å². The maximum atomic E-state index is 4.31. The van der Waals surface area contributed by atoms with Gasteiger partial charge in [0.2, 0.25) is 0 Å². The van der Waals surface area contributed by atoms with Gasteiger partial charge in [-0.05, 0) is 43.2 Å². The van der Waals surface area contributed by atoms with E-state index < -0.39 is 0 Å². The summed E-state index contributed by atoms with van der Waals surface area (Å²) in [5, 5.41) is 10.6. The van der Waals surface area contributed by atoms with Gasteiger partial charge in [-0.3, -0.25) is 4.99 Å². The van der Waals surface area contributed by atoms with E-state index in [2.05, 4.69) is 38.0 Å². The fourth-order valence-electron chi connectivity index (χ4n) is 2.48. The smallest absolute Gasteiger partial charge is 0.191 e. The molecule has 2 N–H and O–H groups in total. The van der Waals surface area contributed by atoms with Crippen LogP contribution in [0.1, 0.15) is 25.7 Å². The summed E-state index contributed by atoms with van der Waals surface area (Å²) in [6.07, 6.45) is 4.95. The summed E-state index contributed by atoms with van der Waals surface area (Å²) in [6.45, 7) is 2.28. The van der Waals surface area contributed by atoms with Crippen LogP contribution in [0.4, 0.5) is 5.00 Å². The van der Waals surface area contributed by atoms with Crippen molar-refractivity contribution in [3.05, 3.63) is 17.5 Å². The van der Waals surface area contributed by atoms with E-state index in [0.717, 1.165) is 19.0 Å². The molecular formula is C14H23IN4S. The molecule has 0 aromatic carbocycles. The van der Waals surface area contributed by atoms with Crippen LogP contribution in [0.25, 0.3) is 0 Å². The third-order valence-corrected chi connectivity index (χ3v) is 4.72. The van der Waals surface area contributed by atoms with Gasteiger partial charge < -0.3 is 15.5 Å². The molecule has 0 bridgehead atoms. The van der Waals surface area contributed by atoms with E-state index in [1.165, 1.54) is 30.7 Å². The molecule has 6 heteroatoms. The molecule has 4 nitrogen and oxygen atoms in total. The number of nitrogens with zero attached hydrogens (tertiary/aromatic N) is 2. The number of piperidine rings is 1. The number of aliphatic imine (C=N–C) groups is 1. The Morgan fingerprint density at radius 1 is 1.20 bits per heavy atom. The normalized spacial score (nSPS) is 20.4. The van der Waals surface area contributed by atoms with Gasteiger partial charge in [0.25, 0.3) is 0 Å². The molecule has 20 heavy (non-hydrogen) atoms. The standard InChI is InChI=1S/C14H22N4S.HI/c1-15-14(16-11-4-5-11)17-12-6-8-18(9-7-12)13-3-2-10-19-13;/h2-3,10-12H,4-9H2,1H3,(H2,15,16,17);1H. The zero-order valence-corrected chi connectivity index (χ0v) is 15.0. The number of guanidine groups is 1. The number of anilines is 1. The topological polar surface area (TPSA) is 39.7 Å². The molecule has 1 saturated heterocycles. The molecule has 1 saturated carbocycles. The van der Waals surface area contributed by atoms with Crippen LogP contribution in [0.2, 0.25) is 0 Å². The van der Waals surface area contributed by atoms with Crippen molar-refractivity contribution in [2.75, 3.05) is 25.0 Å². The predicted molar refractivity (Wildman–Crippen MR) is 97.6 cm³/mol. The summed E-state index contributed by atoms with van der Waals surface area (Å²) >= 11 is 1.84. The van der Waals surface area contributed by atoms with Crippen molar-refractivity contribution in [2.45, 2.75) is 37.8 Å². The Morgan fingerprint density at radius 2 is 1.85 bits per heavy atom. The van der Waals surface area contributed by atoms with Gasteiger partial charge in [-0.15, -0.1) is 35.3 Å². The van der Waals surface area contributed by atoms with Crippen molar-refractivity contribution in [1.82, 2.24) is 10.6 Å². The van der Waals surface area contributed by atoms with Gasteiger partial charge in [-0.1, -0.05) is 0 Å². The zero-order valence-electron chi connectivity index (χ0n) is 11.8. The first kappa shape index (κ1) is 15.9. The molecule has 1 aliphatic heterocycles. The lowest BCUT2D eigenvalue weighted by atomic mass is 10.1. The highest BCUT2D eigenvalue weighted by atomic mass is 127. The molecule has 0 radical (unpaired) electrons. The highest BCUT2D eigenvalue weighted by Crippen LogP contribution is 2.25. The van der Waals surface area contributed by atoms with Crippen LogP contribution in [0.5, 0.6) is 0 Å². The van der Waals surface area contributed by atoms with E-state index >= 15 is 0 Å². The van der Waals surface area contributed by atoms with E-state index in [0.29, 0.717) is 12.1 Å². The van der Waals surface area contributed by atoms with Crippen molar-refractivity contribution in [1.29, 1.82) is 0 Å². The van der Waals surface area contributed by atoms with Gasteiger partial charge in [0.1, 0.15) is 0 Å². The molecular weight excluding hydrogens is 383 g/mol. The van der Waals surface area contributed by atoms with Crippen LogP contribution in [0, 0.1) is 0 Å². The summed E-state index contributed by atoms with van der Waals surface area (Å²) < 4.78 is 0. The lowest BCUT2D eigenvalue weighted by Gasteiger charge is -2.33. The molecule has 2 aliphatic rings. The van der Waals surface area contributed by atoms with Gasteiger partial charge in [-0.25, -0.2) is 0 Å². The third-order valence-electron chi connectivity index (χ3n) is 3.80. The SMILES string of the molecule is CN=C(NC1CC1)NC1CCN(c2cccs2)CC1.I. The van der Waals surface area contributed by atoms with Crippen LogP contribution in [-0.2, 0) is 0 Å². The first-order chi connectivity index (χ1) is 9.35. The minimum absolute atomic E-state index is 0. The molecule has 1 aromatic heterocycles. The van der Waals surface area contributed by atoms with Gasteiger partial charge in [0.05, 0.1) is 5.00 Å². The highest BCUT2D eigenvalue weighted by molar-refractivity contribution is 14.0. The number of hydrogen-bond donors (Lipinski definition) is 2. The van der Waals surface area contributed by atoms with E-state index in [1.54, 1.807) is 0 Å². The first-order valence-corrected chi connectivity index (χ1v) is 8.01. The molecule has 2 heterocycles. The Hall–Kier alpha value is -0.500. The Kier molecular flexibility index (Phi) is 5.95. The summed E-state index contributed by atoms with van der Waals surface area (Å²) in [5.74, 6) is 0.983. The van der Waals surface area contributed by atoms with Crippen molar-refractivity contribution in [3.63, 3.8) is 0 Å². The molecule has 0 atom stereocenters. The van der Waals surface area contributed by atoms with Crippen molar-refractivity contribution >= 4 is 46.3 Å². The van der Waals surface area contributed by atoms with Crippen LogP contribution in [-0.4, -0.2) is 38.2 Å². The molecule has 3 rings (SSSR count). The van der Waals surface area contributed by atoms with Gasteiger partial charge in [0.15, 0.2) is 5.96 Å². The van der Waals surface area contributed by atoms with Crippen LogP contribution >= 0.6 is 35.3 Å². The Labute approximate surface area is 142 Å². The van der Waals surface area contributed by atoms with Crippen molar-refractivity contribution in [2.24, 2.45) is 4.99 Å². The second kappa shape index (κ2) is 7.49. The lowest BCUT2D eigenvalue weighted by molar-refractivity contribution is 0.462. The fraction of sp³-hybridized carbons (Fsp3) is 0.643. The average Bonchev–Trinajstić information content (AvgIpc) is 3.09. The van der Waals surface area contributed by atoms with Crippen LogP contribution < -0.4 is 15.5 Å². The average molecular weight is 406 g/mol. The molecule has 0 spiro atoms. The first-order valence-electron chi connectivity index (χ1n) is 7.13. The largest absolute Gasteiger partial charge is 0.363 e. The molecule has 2 fully saturated rings. The fourth-order valence-corrected chi connectivity index (χ4v) is 3.26. The maximum Gasteiger partial charge on any atom is 0.191 e. The van der Waals surface area contributed by atoms with Gasteiger partial charge in [0, 0.05) is 32.2 Å². The minimum Gasteiger partial charge on any atom is -0.363 e. The second-order valence-corrected chi connectivity index (χ2v) is 6.27. The molecule has 0 amide bonds. The van der Waals surface area contributed by atoms with Crippen molar-refractivity contribution in [3.8, 4) is 0 Å².